The first-order chi connectivity index (χ1) is 6.79. The Morgan fingerprint density at radius 1 is 1.14 bits per heavy atom. The molecule has 0 heterocycles. The van der Waals surface area contributed by atoms with Crippen molar-refractivity contribution in [2.24, 2.45) is 0 Å². The van der Waals surface area contributed by atoms with E-state index in [1.165, 1.54) is 37.4 Å². The zero-order chi connectivity index (χ0) is 10.8. The summed E-state index contributed by atoms with van der Waals surface area (Å²) in [7, 11) is 0. The lowest BCUT2D eigenvalue weighted by molar-refractivity contribution is 0.210. The first-order valence-corrected chi connectivity index (χ1v) is 7.95. The van der Waals surface area contributed by atoms with Crippen LogP contribution >= 0.6 is 27.7 Å². The Bertz CT molecular complexity index is 118. The molecule has 3 heteroatoms. The van der Waals surface area contributed by atoms with Gasteiger partial charge in [-0.15, -0.1) is 0 Å². The highest BCUT2D eigenvalue weighted by atomic mass is 79.9. The molecule has 0 spiro atoms. The van der Waals surface area contributed by atoms with E-state index in [0.717, 1.165) is 11.4 Å². The Kier molecular flexibility index (Phi) is 10.9. The second kappa shape index (κ2) is 10.3. The Morgan fingerprint density at radius 3 is 2.21 bits per heavy atom. The number of hydrogen-bond acceptors (Lipinski definition) is 2. The molecule has 0 aliphatic heterocycles. The van der Waals surface area contributed by atoms with Crippen LogP contribution in [0.15, 0.2) is 0 Å². The second-order valence-corrected chi connectivity index (χ2v) is 5.58. The quantitative estimate of drug-likeness (QED) is 0.469. The molecule has 0 aliphatic rings. The van der Waals surface area contributed by atoms with Crippen LogP contribution in [0, 0.1) is 0 Å². The highest BCUT2D eigenvalue weighted by molar-refractivity contribution is 9.09. The van der Waals surface area contributed by atoms with E-state index < -0.39 is 0 Å². The molecule has 0 rings (SSSR count). The normalized spacial score (nSPS) is 11.6. The van der Waals surface area contributed by atoms with Crippen molar-refractivity contribution < 1.29 is 0 Å². The standard InChI is InChI=1S/C11H24BrNS/c1-4-11(5-2)13(8-7-12)9-10-14-6-3/h11H,4-10H2,1-3H3. The maximum absolute atomic E-state index is 3.54. The SMILES string of the molecule is CCSCCN(CCBr)C(CC)CC. The van der Waals surface area contributed by atoms with E-state index in [2.05, 4.69) is 41.6 Å². The molecule has 0 fully saturated rings. The van der Waals surface area contributed by atoms with Gasteiger partial charge in [-0.1, -0.05) is 36.7 Å². The molecule has 0 bridgehead atoms. The summed E-state index contributed by atoms with van der Waals surface area (Å²) >= 11 is 5.58. The average molecular weight is 282 g/mol. The fourth-order valence-corrected chi connectivity index (χ4v) is 2.82. The molecule has 0 saturated heterocycles. The van der Waals surface area contributed by atoms with Crippen molar-refractivity contribution >= 4 is 27.7 Å². The van der Waals surface area contributed by atoms with E-state index in [4.69, 9.17) is 0 Å². The van der Waals surface area contributed by atoms with Gasteiger partial charge in [0, 0.05) is 30.2 Å². The molecule has 0 aromatic heterocycles. The van der Waals surface area contributed by atoms with Gasteiger partial charge in [0.15, 0.2) is 0 Å². The van der Waals surface area contributed by atoms with E-state index in [0.29, 0.717) is 0 Å². The maximum atomic E-state index is 3.54. The fraction of sp³-hybridized carbons (Fsp3) is 1.00. The fourth-order valence-electron chi connectivity index (χ4n) is 1.72. The summed E-state index contributed by atoms with van der Waals surface area (Å²) in [6.45, 7) is 9.26. The van der Waals surface area contributed by atoms with Crippen LogP contribution in [-0.2, 0) is 0 Å². The predicted octanol–water partition coefficient (Wildman–Crippen LogP) is 3.63. The first kappa shape index (κ1) is 14.8. The van der Waals surface area contributed by atoms with E-state index in [1.54, 1.807) is 0 Å². The Balaban J connectivity index is 3.85. The molecular weight excluding hydrogens is 258 g/mol. The number of alkyl halides is 1. The van der Waals surface area contributed by atoms with Crippen molar-refractivity contribution in [2.45, 2.75) is 39.7 Å². The van der Waals surface area contributed by atoms with Crippen LogP contribution in [-0.4, -0.2) is 40.9 Å². The maximum Gasteiger partial charge on any atom is 0.0159 e. The lowest BCUT2D eigenvalue weighted by Crippen LogP contribution is -2.37. The largest absolute Gasteiger partial charge is 0.299 e. The van der Waals surface area contributed by atoms with E-state index in [-0.39, 0.29) is 0 Å². The number of nitrogens with zero attached hydrogens (tertiary/aromatic N) is 1. The van der Waals surface area contributed by atoms with Gasteiger partial charge in [-0.2, -0.15) is 11.8 Å². The van der Waals surface area contributed by atoms with E-state index >= 15 is 0 Å². The van der Waals surface area contributed by atoms with Gasteiger partial charge in [0.25, 0.3) is 0 Å². The number of rotatable bonds is 9. The molecule has 0 radical (unpaired) electrons. The molecular formula is C11H24BrNS. The van der Waals surface area contributed by atoms with Crippen molar-refractivity contribution in [1.82, 2.24) is 4.90 Å². The summed E-state index contributed by atoms with van der Waals surface area (Å²) in [5.74, 6) is 2.52. The van der Waals surface area contributed by atoms with E-state index in [1.807, 2.05) is 11.8 Å². The minimum absolute atomic E-state index is 0.782. The van der Waals surface area contributed by atoms with Crippen LogP contribution in [0.5, 0.6) is 0 Å². The van der Waals surface area contributed by atoms with Gasteiger partial charge in [-0.05, 0) is 18.6 Å². The average Bonchev–Trinajstić information content (AvgIpc) is 2.20. The predicted molar refractivity (Wildman–Crippen MR) is 72.7 cm³/mol. The lowest BCUT2D eigenvalue weighted by atomic mass is 10.1. The Morgan fingerprint density at radius 2 is 1.79 bits per heavy atom. The van der Waals surface area contributed by atoms with Gasteiger partial charge in [0.2, 0.25) is 0 Å². The third kappa shape index (κ3) is 6.31. The van der Waals surface area contributed by atoms with Gasteiger partial charge in [0.05, 0.1) is 0 Å². The molecule has 0 aliphatic carbocycles. The molecule has 0 aromatic carbocycles. The molecule has 0 amide bonds. The molecule has 0 N–H and O–H groups in total. The highest BCUT2D eigenvalue weighted by Gasteiger charge is 2.13. The topological polar surface area (TPSA) is 3.24 Å². The van der Waals surface area contributed by atoms with Crippen LogP contribution < -0.4 is 0 Å². The molecule has 14 heavy (non-hydrogen) atoms. The van der Waals surface area contributed by atoms with Gasteiger partial charge >= 0.3 is 0 Å². The number of thioether (sulfide) groups is 1. The molecule has 0 atom stereocenters. The molecule has 0 aromatic rings. The van der Waals surface area contributed by atoms with Crippen molar-refractivity contribution in [2.75, 3.05) is 29.9 Å². The summed E-state index contributed by atoms with van der Waals surface area (Å²) in [6, 6.07) is 0.782. The Hall–Kier alpha value is 0.790. The summed E-state index contributed by atoms with van der Waals surface area (Å²) in [6.07, 6.45) is 2.56. The third-order valence-corrected chi connectivity index (χ3v) is 3.79. The first-order valence-electron chi connectivity index (χ1n) is 5.67. The number of halogens is 1. The summed E-state index contributed by atoms with van der Waals surface area (Å²) in [5, 5.41) is 1.10. The van der Waals surface area contributed by atoms with Crippen molar-refractivity contribution in [3.8, 4) is 0 Å². The van der Waals surface area contributed by atoms with Crippen LogP contribution in [0.25, 0.3) is 0 Å². The van der Waals surface area contributed by atoms with Crippen LogP contribution in [0.1, 0.15) is 33.6 Å². The molecule has 0 unspecified atom stereocenters. The van der Waals surface area contributed by atoms with Crippen molar-refractivity contribution in [3.63, 3.8) is 0 Å². The molecule has 86 valence electrons. The van der Waals surface area contributed by atoms with Gasteiger partial charge in [0.1, 0.15) is 0 Å². The lowest BCUT2D eigenvalue weighted by Gasteiger charge is -2.29. The smallest absolute Gasteiger partial charge is 0.0159 e. The number of hydrogen-bond donors (Lipinski definition) is 0. The van der Waals surface area contributed by atoms with Crippen LogP contribution in [0.2, 0.25) is 0 Å². The minimum Gasteiger partial charge on any atom is -0.299 e. The molecule has 1 nitrogen and oxygen atoms in total. The zero-order valence-electron chi connectivity index (χ0n) is 9.76. The van der Waals surface area contributed by atoms with E-state index in [9.17, 15) is 0 Å². The second-order valence-electron chi connectivity index (χ2n) is 3.39. The van der Waals surface area contributed by atoms with Crippen molar-refractivity contribution in [1.29, 1.82) is 0 Å². The van der Waals surface area contributed by atoms with Crippen LogP contribution in [0.4, 0.5) is 0 Å². The van der Waals surface area contributed by atoms with Gasteiger partial charge < -0.3 is 0 Å². The summed E-state index contributed by atoms with van der Waals surface area (Å²) < 4.78 is 0. The highest BCUT2D eigenvalue weighted by Crippen LogP contribution is 2.10. The monoisotopic (exact) mass is 281 g/mol. The van der Waals surface area contributed by atoms with Gasteiger partial charge in [-0.25, -0.2) is 0 Å². The minimum atomic E-state index is 0.782. The zero-order valence-corrected chi connectivity index (χ0v) is 12.2. The molecule has 0 saturated carbocycles. The Labute approximate surface area is 102 Å². The third-order valence-electron chi connectivity index (χ3n) is 2.56. The summed E-state index contributed by atoms with van der Waals surface area (Å²) in [4.78, 5) is 2.62. The van der Waals surface area contributed by atoms with Gasteiger partial charge in [-0.3, -0.25) is 4.90 Å². The summed E-state index contributed by atoms with van der Waals surface area (Å²) in [5.41, 5.74) is 0. The van der Waals surface area contributed by atoms with Crippen LogP contribution in [0.3, 0.4) is 0 Å². The van der Waals surface area contributed by atoms with Crippen molar-refractivity contribution in [3.05, 3.63) is 0 Å².